The van der Waals surface area contributed by atoms with Crippen LogP contribution in [0.1, 0.15) is 213 Å². The number of carboxylic acids is 3. The standard InChI is InChI=1S/3C12H24O2.Er/c3*1-2-3-4-5-6-7-8-9-10-11-12(13)14;/h3*2-11H2,1H3,(H,13,14);. The van der Waals surface area contributed by atoms with Crippen LogP contribution in [0.5, 0.6) is 0 Å². The Hall–Kier alpha value is -0.343. The first-order valence-electron chi connectivity index (χ1n) is 18.0. The van der Waals surface area contributed by atoms with Crippen LogP contribution in [-0.2, 0) is 14.4 Å². The minimum atomic E-state index is -0.659. The first-order valence-corrected chi connectivity index (χ1v) is 18.0. The Morgan fingerprint density at radius 2 is 0.442 bits per heavy atom. The second kappa shape index (κ2) is 46.1. The number of carboxylic acid groups (broad SMARTS) is 3. The molecule has 0 aliphatic rings. The van der Waals surface area contributed by atoms with Crippen LogP contribution in [-0.4, -0.2) is 33.2 Å². The van der Waals surface area contributed by atoms with E-state index in [1.54, 1.807) is 0 Å². The van der Waals surface area contributed by atoms with Crippen molar-refractivity contribution in [2.45, 2.75) is 213 Å². The van der Waals surface area contributed by atoms with Gasteiger partial charge in [-0.2, -0.15) is 0 Å². The van der Waals surface area contributed by atoms with Crippen molar-refractivity contribution in [3.8, 4) is 0 Å². The van der Waals surface area contributed by atoms with Gasteiger partial charge < -0.3 is 15.3 Å². The Bertz CT molecular complexity index is 480. The fourth-order valence-corrected chi connectivity index (χ4v) is 4.76. The summed E-state index contributed by atoms with van der Waals surface area (Å²) in [6.07, 6.45) is 34.4. The SMILES string of the molecule is CCCCCCCCCCCC(=O)O.CCCCCCCCCCCC(=O)O.CCCCCCCCCCCC(=O)O.[Er]. The number of hydrogen-bond donors (Lipinski definition) is 3. The molecule has 43 heavy (non-hydrogen) atoms. The summed E-state index contributed by atoms with van der Waals surface area (Å²) in [6.45, 7) is 6.68. The molecule has 0 aromatic heterocycles. The second-order valence-electron chi connectivity index (χ2n) is 11.9. The van der Waals surface area contributed by atoms with Gasteiger partial charge in [-0.1, -0.05) is 175 Å². The predicted molar refractivity (Wildman–Crippen MR) is 178 cm³/mol. The maximum Gasteiger partial charge on any atom is 0.303 e. The summed E-state index contributed by atoms with van der Waals surface area (Å²) in [6, 6.07) is 0. The summed E-state index contributed by atoms with van der Waals surface area (Å²) in [5.41, 5.74) is 0. The molecule has 0 saturated heterocycles. The van der Waals surface area contributed by atoms with Crippen LogP contribution in [0.25, 0.3) is 0 Å². The van der Waals surface area contributed by atoms with Gasteiger partial charge >= 0.3 is 17.9 Å². The van der Waals surface area contributed by atoms with E-state index in [0.717, 1.165) is 38.5 Å². The van der Waals surface area contributed by atoms with Gasteiger partial charge in [-0.3, -0.25) is 14.4 Å². The molecule has 0 saturated carbocycles. The molecule has 0 radical (unpaired) electrons. The van der Waals surface area contributed by atoms with Crippen LogP contribution < -0.4 is 0 Å². The molecule has 0 aliphatic carbocycles. The van der Waals surface area contributed by atoms with E-state index >= 15 is 0 Å². The van der Waals surface area contributed by atoms with Crippen LogP contribution in [0, 0.1) is 37.3 Å². The van der Waals surface area contributed by atoms with Crippen molar-refractivity contribution in [3.63, 3.8) is 0 Å². The molecule has 0 unspecified atom stereocenters. The van der Waals surface area contributed by atoms with Crippen molar-refractivity contribution in [1.29, 1.82) is 0 Å². The summed E-state index contributed by atoms with van der Waals surface area (Å²) < 4.78 is 0. The zero-order chi connectivity index (χ0) is 31.9. The van der Waals surface area contributed by atoms with Gasteiger partial charge in [0, 0.05) is 56.6 Å². The van der Waals surface area contributed by atoms with E-state index < -0.39 is 17.9 Å². The minimum Gasteiger partial charge on any atom is -0.481 e. The summed E-state index contributed by atoms with van der Waals surface area (Å²) in [4.78, 5) is 30.6. The van der Waals surface area contributed by atoms with Crippen molar-refractivity contribution in [3.05, 3.63) is 0 Å². The van der Waals surface area contributed by atoms with Gasteiger partial charge in [-0.15, -0.1) is 0 Å². The van der Waals surface area contributed by atoms with Gasteiger partial charge in [0.25, 0.3) is 0 Å². The molecular formula is C36H72ErO6. The van der Waals surface area contributed by atoms with Gasteiger partial charge in [0.05, 0.1) is 0 Å². The molecule has 0 amide bonds. The smallest absolute Gasteiger partial charge is 0.303 e. The monoisotopic (exact) mass is 766 g/mol. The third kappa shape index (κ3) is 61.4. The van der Waals surface area contributed by atoms with Gasteiger partial charge in [0.2, 0.25) is 0 Å². The third-order valence-electron chi connectivity index (χ3n) is 7.48. The summed E-state index contributed by atoms with van der Waals surface area (Å²) in [5, 5.41) is 25.2. The number of rotatable bonds is 30. The van der Waals surface area contributed by atoms with Crippen molar-refractivity contribution in [1.82, 2.24) is 0 Å². The van der Waals surface area contributed by atoms with E-state index in [9.17, 15) is 14.4 Å². The van der Waals surface area contributed by atoms with Gasteiger partial charge in [-0.05, 0) is 19.3 Å². The molecule has 0 aromatic rings. The molecule has 0 aliphatic heterocycles. The topological polar surface area (TPSA) is 112 Å². The molecule has 0 rings (SSSR count). The zero-order valence-corrected chi connectivity index (χ0v) is 30.4. The molecule has 0 spiro atoms. The molecule has 0 bridgehead atoms. The van der Waals surface area contributed by atoms with E-state index in [1.807, 2.05) is 0 Å². The number of carbonyl (C=O) groups is 3. The summed E-state index contributed by atoms with van der Waals surface area (Å²) >= 11 is 0. The second-order valence-corrected chi connectivity index (χ2v) is 11.9. The van der Waals surface area contributed by atoms with E-state index in [4.69, 9.17) is 15.3 Å². The fraction of sp³-hybridized carbons (Fsp3) is 0.917. The molecule has 7 heteroatoms. The van der Waals surface area contributed by atoms with Crippen molar-refractivity contribution < 1.29 is 67.0 Å². The summed E-state index contributed by atoms with van der Waals surface area (Å²) in [5.74, 6) is -1.98. The Morgan fingerprint density at radius 1 is 0.302 bits per heavy atom. The van der Waals surface area contributed by atoms with Crippen LogP contribution in [0.2, 0.25) is 0 Å². The van der Waals surface area contributed by atoms with Crippen molar-refractivity contribution in [2.75, 3.05) is 0 Å². The summed E-state index contributed by atoms with van der Waals surface area (Å²) in [7, 11) is 0. The van der Waals surface area contributed by atoms with Crippen LogP contribution in [0.15, 0.2) is 0 Å². The van der Waals surface area contributed by atoms with Crippen molar-refractivity contribution in [2.24, 2.45) is 0 Å². The third-order valence-corrected chi connectivity index (χ3v) is 7.48. The van der Waals surface area contributed by atoms with Crippen molar-refractivity contribution >= 4 is 17.9 Å². The average molecular weight is 768 g/mol. The number of unbranched alkanes of at least 4 members (excludes halogenated alkanes) is 24. The van der Waals surface area contributed by atoms with Crippen LogP contribution >= 0.6 is 0 Å². The molecule has 0 aromatic carbocycles. The van der Waals surface area contributed by atoms with Gasteiger partial charge in [0.15, 0.2) is 0 Å². The maximum atomic E-state index is 10.2. The van der Waals surface area contributed by atoms with Crippen LogP contribution in [0.4, 0.5) is 0 Å². The Morgan fingerprint density at radius 3 is 0.581 bits per heavy atom. The number of hydrogen-bond acceptors (Lipinski definition) is 3. The molecule has 3 N–H and O–H groups in total. The first kappa shape index (κ1) is 49.5. The maximum absolute atomic E-state index is 10.2. The largest absolute Gasteiger partial charge is 0.481 e. The number of aliphatic carboxylic acids is 3. The molecule has 6 nitrogen and oxygen atoms in total. The Labute approximate surface area is 296 Å². The molecular weight excluding hydrogens is 696 g/mol. The Balaban J connectivity index is -0.000000262. The predicted octanol–water partition coefficient (Wildman–Crippen LogP) is 12.0. The minimum absolute atomic E-state index is 0. The zero-order valence-electron chi connectivity index (χ0n) is 28.6. The van der Waals surface area contributed by atoms with Gasteiger partial charge in [-0.25, -0.2) is 0 Å². The average Bonchev–Trinajstić information content (AvgIpc) is 2.95. The molecule has 0 fully saturated rings. The van der Waals surface area contributed by atoms with E-state index in [0.29, 0.717) is 19.3 Å². The normalized spacial score (nSPS) is 10.1. The molecule has 0 atom stereocenters. The van der Waals surface area contributed by atoms with E-state index in [-0.39, 0.29) is 37.3 Å². The first-order chi connectivity index (χ1) is 20.3. The molecule has 0 heterocycles. The molecule has 264 valence electrons. The van der Waals surface area contributed by atoms with Gasteiger partial charge in [0.1, 0.15) is 0 Å². The van der Waals surface area contributed by atoms with Crippen LogP contribution in [0.3, 0.4) is 0 Å². The van der Waals surface area contributed by atoms with E-state index in [2.05, 4.69) is 20.8 Å². The Kier molecular flexibility index (Phi) is 53.1. The fourth-order valence-electron chi connectivity index (χ4n) is 4.76. The quantitative estimate of drug-likeness (QED) is 0.0628. The van der Waals surface area contributed by atoms with E-state index in [1.165, 1.54) is 135 Å².